The molecule has 0 N–H and O–H groups in total. The second kappa shape index (κ2) is 9.56. The van der Waals surface area contributed by atoms with E-state index in [-0.39, 0.29) is 11.1 Å². The van der Waals surface area contributed by atoms with Crippen molar-refractivity contribution in [1.29, 1.82) is 0 Å². The van der Waals surface area contributed by atoms with Gasteiger partial charge in [0.05, 0.1) is 0 Å². The molecule has 0 aliphatic carbocycles. The minimum Gasteiger partial charge on any atom is -0.276 e. The van der Waals surface area contributed by atoms with E-state index in [0.29, 0.717) is 0 Å². The maximum atomic E-state index is 12.1. The first-order valence-electron chi connectivity index (χ1n) is 7.42. The number of hydrogen-bond acceptors (Lipinski definition) is 6. The molecule has 0 heterocycles. The van der Waals surface area contributed by atoms with Crippen LogP contribution in [-0.2, 0) is 0 Å². The van der Waals surface area contributed by atoms with Crippen molar-refractivity contribution in [2.45, 2.75) is 0 Å². The molecule has 0 unspecified atom stereocenters. The quantitative estimate of drug-likeness (QED) is 0.432. The van der Waals surface area contributed by atoms with Crippen LogP contribution in [0.4, 0.5) is 0 Å². The van der Waals surface area contributed by atoms with Gasteiger partial charge < -0.3 is 0 Å². The molecule has 0 amide bonds. The molecular weight excluding hydrogens is 525 g/mol. The summed E-state index contributed by atoms with van der Waals surface area (Å²) in [5.41, 5.74) is -3.50. The molecule has 0 bridgehead atoms. The van der Waals surface area contributed by atoms with Crippen molar-refractivity contribution in [3.05, 3.63) is 57.6 Å². The third-order valence-electron chi connectivity index (χ3n) is 3.83. The van der Waals surface area contributed by atoms with Crippen LogP contribution in [0, 0.1) is 0 Å². The van der Waals surface area contributed by atoms with Crippen molar-refractivity contribution >= 4 is 101 Å². The molecule has 0 saturated carbocycles. The Morgan fingerprint density at radius 2 is 0.600 bits per heavy atom. The van der Waals surface area contributed by atoms with Crippen LogP contribution in [0.2, 0.25) is 0 Å². The molecule has 0 aliphatic rings. The third kappa shape index (κ3) is 4.91. The van der Waals surface area contributed by atoms with Crippen LogP contribution < -0.4 is 0 Å². The van der Waals surface area contributed by atoms with Crippen molar-refractivity contribution in [2.24, 2.45) is 0 Å². The average molecular weight is 529 g/mol. The Hall–Kier alpha value is -1.80. The first-order chi connectivity index (χ1) is 13.9. The highest BCUT2D eigenvalue weighted by atomic mass is 35.5. The summed E-state index contributed by atoms with van der Waals surface area (Å²) < 4.78 is 0. The average Bonchev–Trinajstić information content (AvgIpc) is 2.65. The second-order valence-electron chi connectivity index (χ2n) is 5.53. The van der Waals surface area contributed by atoms with Crippen LogP contribution >= 0.6 is 69.6 Å². The zero-order valence-electron chi connectivity index (χ0n) is 14.0. The van der Waals surface area contributed by atoms with Gasteiger partial charge >= 0.3 is 0 Å². The topological polar surface area (TPSA) is 102 Å². The van der Waals surface area contributed by atoms with Gasteiger partial charge in [-0.25, -0.2) is 0 Å². The third-order valence-corrected chi connectivity index (χ3v) is 5.08. The Labute approximate surface area is 197 Å². The summed E-state index contributed by atoms with van der Waals surface area (Å²) in [6, 6.07) is 3.70. The summed E-state index contributed by atoms with van der Waals surface area (Å²) in [7, 11) is 0. The molecule has 0 aromatic heterocycles. The smallest absolute Gasteiger partial charge is 0.253 e. The van der Waals surface area contributed by atoms with Gasteiger partial charge in [0.1, 0.15) is 0 Å². The van der Waals surface area contributed by atoms with Crippen molar-refractivity contribution in [3.8, 4) is 11.1 Å². The fraction of sp³-hybridized carbons (Fsp3) is 0. The van der Waals surface area contributed by atoms with Crippen molar-refractivity contribution < 1.29 is 28.8 Å². The molecule has 30 heavy (non-hydrogen) atoms. The minimum absolute atomic E-state index is 0.321. The van der Waals surface area contributed by atoms with Gasteiger partial charge in [0.15, 0.2) is 0 Å². The van der Waals surface area contributed by atoms with Crippen molar-refractivity contribution in [2.75, 3.05) is 0 Å². The monoisotopic (exact) mass is 526 g/mol. The van der Waals surface area contributed by atoms with Gasteiger partial charge in [0.2, 0.25) is 0 Å². The number of benzene rings is 2. The number of carbonyl (C=O) groups is 6. The largest absolute Gasteiger partial charge is 0.276 e. The number of carbonyl (C=O) groups excluding carboxylic acids is 6. The molecule has 12 heteroatoms. The Morgan fingerprint density at radius 3 is 0.733 bits per heavy atom. The maximum Gasteiger partial charge on any atom is 0.253 e. The van der Waals surface area contributed by atoms with E-state index < -0.39 is 64.8 Å². The van der Waals surface area contributed by atoms with Gasteiger partial charge in [-0.15, -0.1) is 0 Å². The van der Waals surface area contributed by atoms with Crippen molar-refractivity contribution in [3.63, 3.8) is 0 Å². The van der Waals surface area contributed by atoms with E-state index in [9.17, 15) is 28.8 Å². The van der Waals surface area contributed by atoms with E-state index in [0.717, 1.165) is 24.3 Å². The molecule has 0 saturated heterocycles. The Kier molecular flexibility index (Phi) is 7.80. The zero-order valence-corrected chi connectivity index (χ0v) is 18.6. The first-order valence-corrected chi connectivity index (χ1v) is 9.69. The molecule has 2 aromatic carbocycles. The van der Waals surface area contributed by atoms with Gasteiger partial charge in [-0.3, -0.25) is 28.8 Å². The van der Waals surface area contributed by atoms with Crippen LogP contribution in [0.3, 0.4) is 0 Å². The molecule has 154 valence electrons. The van der Waals surface area contributed by atoms with Gasteiger partial charge in [0, 0.05) is 44.5 Å². The molecule has 0 atom stereocenters. The van der Waals surface area contributed by atoms with Crippen molar-refractivity contribution in [1.82, 2.24) is 0 Å². The highest BCUT2D eigenvalue weighted by Crippen LogP contribution is 2.38. The highest BCUT2D eigenvalue weighted by molar-refractivity contribution is 6.73. The summed E-state index contributed by atoms with van der Waals surface area (Å²) in [6.45, 7) is 0. The van der Waals surface area contributed by atoms with E-state index in [1.54, 1.807) is 0 Å². The molecule has 0 fully saturated rings. The van der Waals surface area contributed by atoms with E-state index >= 15 is 0 Å². The van der Waals surface area contributed by atoms with Gasteiger partial charge in [0.25, 0.3) is 31.5 Å². The van der Waals surface area contributed by atoms with E-state index in [1.165, 1.54) is 0 Å². The normalized spacial score (nSPS) is 10.5. The molecule has 0 radical (unpaired) electrons. The molecule has 2 rings (SSSR count). The van der Waals surface area contributed by atoms with E-state index in [2.05, 4.69) is 0 Å². The number of rotatable bonds is 7. The van der Waals surface area contributed by atoms with Crippen LogP contribution in [-0.4, -0.2) is 31.5 Å². The lowest BCUT2D eigenvalue weighted by Crippen LogP contribution is -2.11. The number of hydrogen-bond donors (Lipinski definition) is 0. The first kappa shape index (κ1) is 24.5. The van der Waals surface area contributed by atoms with E-state index in [1.807, 2.05) is 0 Å². The summed E-state index contributed by atoms with van der Waals surface area (Å²) in [5, 5.41) is -6.87. The fourth-order valence-corrected chi connectivity index (χ4v) is 3.48. The van der Waals surface area contributed by atoms with Crippen LogP contribution in [0.5, 0.6) is 0 Å². The summed E-state index contributed by atoms with van der Waals surface area (Å²) in [6.07, 6.45) is 0. The summed E-state index contributed by atoms with van der Waals surface area (Å²) >= 11 is 33.2. The predicted octanol–water partition coefficient (Wildman–Crippen LogP) is 5.63. The fourth-order valence-electron chi connectivity index (χ4n) is 2.67. The Bertz CT molecular complexity index is 1010. The Morgan fingerprint density at radius 1 is 0.400 bits per heavy atom. The summed E-state index contributed by atoms with van der Waals surface area (Å²) in [4.78, 5) is 71.4. The standard InChI is InChI=1S/C18H4Cl6O6/c19-13(25)5-1-7(15(21)27)11(8(2-5)16(22)28)12-9(17(23)29)3-6(14(20)26)4-10(12)18(24)30/h1-4H. The molecule has 0 spiro atoms. The van der Waals surface area contributed by atoms with Gasteiger partial charge in [-0.1, -0.05) is 0 Å². The Balaban J connectivity index is 3.21. The molecule has 6 nitrogen and oxygen atoms in total. The zero-order chi connectivity index (χ0) is 22.9. The van der Waals surface area contributed by atoms with Crippen LogP contribution in [0.15, 0.2) is 24.3 Å². The highest BCUT2D eigenvalue weighted by Gasteiger charge is 2.29. The lowest BCUT2D eigenvalue weighted by molar-refractivity contribution is 0.105. The lowest BCUT2D eigenvalue weighted by atomic mass is 9.86. The predicted molar refractivity (Wildman–Crippen MR) is 113 cm³/mol. The van der Waals surface area contributed by atoms with E-state index in [4.69, 9.17) is 69.6 Å². The number of halogens is 6. The van der Waals surface area contributed by atoms with Crippen LogP contribution in [0.1, 0.15) is 62.1 Å². The molecular formula is C18H4Cl6O6. The minimum atomic E-state index is -1.19. The molecule has 2 aromatic rings. The second-order valence-corrected chi connectivity index (χ2v) is 7.59. The summed E-state index contributed by atoms with van der Waals surface area (Å²) in [5.74, 6) is 0. The molecule has 0 aliphatic heterocycles. The SMILES string of the molecule is O=C(Cl)c1cc(C(=O)Cl)c(-c2c(C(=O)Cl)cc(C(=O)Cl)cc2C(=O)Cl)c(C(=O)Cl)c1. The van der Waals surface area contributed by atoms with Gasteiger partial charge in [-0.2, -0.15) is 0 Å². The van der Waals surface area contributed by atoms with Crippen LogP contribution in [0.25, 0.3) is 11.1 Å². The lowest BCUT2D eigenvalue weighted by Gasteiger charge is -2.18. The maximum absolute atomic E-state index is 12.1. The van der Waals surface area contributed by atoms with Gasteiger partial charge in [-0.05, 0) is 93.9 Å².